The first-order valence-corrected chi connectivity index (χ1v) is 6.20. The van der Waals surface area contributed by atoms with Crippen molar-refractivity contribution >= 4 is 11.8 Å². The molecule has 0 bridgehead atoms. The third-order valence-corrected chi connectivity index (χ3v) is 3.85. The first kappa shape index (κ1) is 12.0. The van der Waals surface area contributed by atoms with E-state index in [1.165, 1.54) is 7.11 Å². The van der Waals surface area contributed by atoms with Crippen LogP contribution in [0.5, 0.6) is 11.5 Å². The van der Waals surface area contributed by atoms with Crippen LogP contribution in [0.4, 0.5) is 0 Å². The lowest BCUT2D eigenvalue weighted by molar-refractivity contribution is -0.153. The van der Waals surface area contributed by atoms with Gasteiger partial charge in [-0.05, 0) is 31.0 Å². The highest BCUT2D eigenvalue weighted by Gasteiger charge is 2.52. The molecule has 2 aliphatic rings. The van der Waals surface area contributed by atoms with Gasteiger partial charge in [-0.2, -0.15) is 0 Å². The SMILES string of the molecule is COC(=O)C1(C(=O)c2ccc3c(c2)OCO3)CCC1. The van der Waals surface area contributed by atoms with Crippen LogP contribution in [0.3, 0.4) is 0 Å². The van der Waals surface area contributed by atoms with Gasteiger partial charge in [0.25, 0.3) is 0 Å². The van der Waals surface area contributed by atoms with Crippen LogP contribution in [0.15, 0.2) is 18.2 Å². The fourth-order valence-electron chi connectivity index (χ4n) is 2.56. The molecule has 0 unspecified atom stereocenters. The topological polar surface area (TPSA) is 61.8 Å². The number of methoxy groups -OCH3 is 1. The quantitative estimate of drug-likeness (QED) is 0.473. The highest BCUT2D eigenvalue weighted by molar-refractivity contribution is 6.13. The van der Waals surface area contributed by atoms with Crippen LogP contribution in [-0.2, 0) is 9.53 Å². The molecule has 0 N–H and O–H groups in total. The molecule has 5 heteroatoms. The molecule has 0 amide bonds. The van der Waals surface area contributed by atoms with E-state index in [1.54, 1.807) is 18.2 Å². The summed E-state index contributed by atoms with van der Waals surface area (Å²) in [6.45, 7) is 0.162. The Balaban J connectivity index is 1.93. The number of benzene rings is 1. The Morgan fingerprint density at radius 2 is 1.95 bits per heavy atom. The lowest BCUT2D eigenvalue weighted by Gasteiger charge is -2.37. The average Bonchev–Trinajstić information content (AvgIpc) is 2.84. The number of rotatable bonds is 3. The van der Waals surface area contributed by atoms with Crippen molar-refractivity contribution in [2.24, 2.45) is 5.41 Å². The van der Waals surface area contributed by atoms with Crippen molar-refractivity contribution in [3.8, 4) is 11.5 Å². The lowest BCUT2D eigenvalue weighted by atomic mass is 9.64. The lowest BCUT2D eigenvalue weighted by Crippen LogP contribution is -2.45. The van der Waals surface area contributed by atoms with Crippen molar-refractivity contribution in [2.45, 2.75) is 19.3 Å². The van der Waals surface area contributed by atoms with Gasteiger partial charge in [0, 0.05) is 5.56 Å². The van der Waals surface area contributed by atoms with E-state index in [2.05, 4.69) is 0 Å². The first-order chi connectivity index (χ1) is 9.17. The summed E-state index contributed by atoms with van der Waals surface area (Å²) >= 11 is 0. The second-order valence-corrected chi connectivity index (χ2v) is 4.82. The summed E-state index contributed by atoms with van der Waals surface area (Å²) in [5, 5.41) is 0. The zero-order valence-corrected chi connectivity index (χ0v) is 10.6. The summed E-state index contributed by atoms with van der Waals surface area (Å²) in [5.41, 5.74) is -0.531. The zero-order valence-electron chi connectivity index (χ0n) is 10.6. The Hall–Kier alpha value is -2.04. The molecule has 1 aliphatic heterocycles. The second kappa shape index (κ2) is 4.26. The van der Waals surface area contributed by atoms with Gasteiger partial charge in [-0.3, -0.25) is 9.59 Å². The van der Waals surface area contributed by atoms with Gasteiger partial charge in [-0.15, -0.1) is 0 Å². The summed E-state index contributed by atoms with van der Waals surface area (Å²) < 4.78 is 15.2. The van der Waals surface area contributed by atoms with Crippen molar-refractivity contribution in [1.29, 1.82) is 0 Å². The highest BCUT2D eigenvalue weighted by atomic mass is 16.7. The number of hydrogen-bond donors (Lipinski definition) is 0. The smallest absolute Gasteiger partial charge is 0.319 e. The van der Waals surface area contributed by atoms with Crippen molar-refractivity contribution in [2.75, 3.05) is 13.9 Å². The molecular weight excluding hydrogens is 248 g/mol. The van der Waals surface area contributed by atoms with Gasteiger partial charge in [0.05, 0.1) is 7.11 Å². The number of fused-ring (bicyclic) bond motifs is 1. The third kappa shape index (κ3) is 1.69. The fraction of sp³-hybridized carbons (Fsp3) is 0.429. The van der Waals surface area contributed by atoms with Crippen LogP contribution in [-0.4, -0.2) is 25.7 Å². The molecule has 0 radical (unpaired) electrons. The van der Waals surface area contributed by atoms with E-state index in [4.69, 9.17) is 14.2 Å². The third-order valence-electron chi connectivity index (χ3n) is 3.85. The normalized spacial score (nSPS) is 18.6. The molecule has 1 saturated carbocycles. The number of Topliss-reactive ketones (excluding diaryl/α,β-unsaturated/α-hetero) is 1. The van der Waals surface area contributed by atoms with Crippen molar-refractivity contribution < 1.29 is 23.8 Å². The van der Waals surface area contributed by atoms with Crippen LogP contribution in [0.25, 0.3) is 0 Å². The fourth-order valence-corrected chi connectivity index (χ4v) is 2.56. The second-order valence-electron chi connectivity index (χ2n) is 4.82. The Kier molecular flexibility index (Phi) is 2.69. The predicted octanol–water partition coefficient (Wildman–Crippen LogP) is 1.94. The molecule has 3 rings (SSSR count). The maximum atomic E-state index is 12.6. The van der Waals surface area contributed by atoms with Crippen LogP contribution in [0, 0.1) is 5.41 Å². The molecule has 1 aromatic carbocycles. The maximum Gasteiger partial charge on any atom is 0.319 e. The molecule has 19 heavy (non-hydrogen) atoms. The number of carbonyl (C=O) groups is 2. The summed E-state index contributed by atoms with van der Waals surface area (Å²) in [4.78, 5) is 24.4. The molecule has 5 nitrogen and oxygen atoms in total. The molecule has 0 atom stereocenters. The molecule has 0 saturated heterocycles. The number of carbonyl (C=O) groups excluding carboxylic acids is 2. The van der Waals surface area contributed by atoms with Gasteiger partial charge in [0.2, 0.25) is 6.79 Å². The highest BCUT2D eigenvalue weighted by Crippen LogP contribution is 2.45. The molecule has 1 fully saturated rings. The first-order valence-electron chi connectivity index (χ1n) is 6.20. The van der Waals surface area contributed by atoms with Crippen LogP contribution in [0.1, 0.15) is 29.6 Å². The monoisotopic (exact) mass is 262 g/mol. The molecule has 0 aromatic heterocycles. The summed E-state index contributed by atoms with van der Waals surface area (Å²) in [6, 6.07) is 4.99. The van der Waals surface area contributed by atoms with Gasteiger partial charge in [0.1, 0.15) is 5.41 Å². The largest absolute Gasteiger partial charge is 0.468 e. The average molecular weight is 262 g/mol. The molecule has 1 aromatic rings. The summed E-state index contributed by atoms with van der Waals surface area (Å²) in [6.07, 6.45) is 1.96. The van der Waals surface area contributed by atoms with Crippen molar-refractivity contribution in [1.82, 2.24) is 0 Å². The van der Waals surface area contributed by atoms with E-state index in [0.717, 1.165) is 6.42 Å². The number of ketones is 1. The molecule has 1 aliphatic carbocycles. The predicted molar refractivity (Wildman–Crippen MR) is 65.2 cm³/mol. The van der Waals surface area contributed by atoms with Gasteiger partial charge >= 0.3 is 5.97 Å². The standard InChI is InChI=1S/C14H14O5/c1-17-13(16)14(5-2-6-14)12(15)9-3-4-10-11(7-9)19-8-18-10/h3-4,7H,2,5-6,8H2,1H3. The molecule has 0 spiro atoms. The zero-order chi connectivity index (χ0) is 13.5. The Labute approximate surface area is 110 Å². The summed E-state index contributed by atoms with van der Waals surface area (Å²) in [5.74, 6) is 0.535. The van der Waals surface area contributed by atoms with Crippen molar-refractivity contribution in [3.05, 3.63) is 23.8 Å². The van der Waals surface area contributed by atoms with Crippen LogP contribution >= 0.6 is 0 Å². The van der Waals surface area contributed by atoms with E-state index in [0.29, 0.717) is 29.9 Å². The van der Waals surface area contributed by atoms with E-state index in [9.17, 15) is 9.59 Å². The van der Waals surface area contributed by atoms with E-state index in [1.807, 2.05) is 0 Å². The molecule has 1 heterocycles. The van der Waals surface area contributed by atoms with E-state index >= 15 is 0 Å². The Bertz CT molecular complexity index is 545. The van der Waals surface area contributed by atoms with Crippen molar-refractivity contribution in [3.63, 3.8) is 0 Å². The van der Waals surface area contributed by atoms with Gasteiger partial charge in [0.15, 0.2) is 17.3 Å². The van der Waals surface area contributed by atoms with Gasteiger partial charge < -0.3 is 14.2 Å². The Morgan fingerprint density at radius 1 is 1.21 bits per heavy atom. The van der Waals surface area contributed by atoms with Gasteiger partial charge in [-0.1, -0.05) is 6.42 Å². The Morgan fingerprint density at radius 3 is 2.58 bits per heavy atom. The summed E-state index contributed by atoms with van der Waals surface area (Å²) in [7, 11) is 1.31. The number of ether oxygens (including phenoxy) is 3. The van der Waals surface area contributed by atoms with Gasteiger partial charge in [-0.25, -0.2) is 0 Å². The minimum atomic E-state index is -0.998. The number of esters is 1. The van der Waals surface area contributed by atoms with Crippen LogP contribution in [0.2, 0.25) is 0 Å². The molecular formula is C14H14O5. The number of hydrogen-bond acceptors (Lipinski definition) is 5. The minimum absolute atomic E-state index is 0.162. The minimum Gasteiger partial charge on any atom is -0.468 e. The van der Waals surface area contributed by atoms with E-state index < -0.39 is 11.4 Å². The van der Waals surface area contributed by atoms with E-state index in [-0.39, 0.29) is 12.6 Å². The maximum absolute atomic E-state index is 12.6. The molecule has 100 valence electrons. The van der Waals surface area contributed by atoms with Crippen LogP contribution < -0.4 is 9.47 Å².